The minimum absolute atomic E-state index is 0.134. The minimum atomic E-state index is -4.91. The van der Waals surface area contributed by atoms with E-state index in [1.807, 2.05) is 18.2 Å². The number of hydrogen-bond donors (Lipinski definition) is 3. The summed E-state index contributed by atoms with van der Waals surface area (Å²) < 4.78 is 86.3. The van der Waals surface area contributed by atoms with Crippen molar-refractivity contribution in [1.29, 1.82) is 0 Å². The topological polar surface area (TPSA) is 222 Å². The Bertz CT molecular complexity index is 2940. The van der Waals surface area contributed by atoms with Gasteiger partial charge in [0, 0.05) is 31.7 Å². The highest BCUT2D eigenvalue weighted by molar-refractivity contribution is 7.92. The van der Waals surface area contributed by atoms with Crippen LogP contribution in [0.5, 0.6) is 17.2 Å². The first-order valence-corrected chi connectivity index (χ1v) is 23.2. The molecule has 65 heavy (non-hydrogen) atoms. The number of imidazole rings is 1. The SMILES string of the molecule is COc1ccc(CN(Cc2ccc(OC)cc2)S(=O)(=O)c2c(S(=O)(=O)NCCNC(=O)OC(C)(C)C)ccc(-c3cccc4[nH]cnc34)c2-c2nnn(Cc3ccc(OC)cc3)n2)cc1. The van der Waals surface area contributed by atoms with Gasteiger partial charge in [-0.2, -0.15) is 9.10 Å². The summed E-state index contributed by atoms with van der Waals surface area (Å²) in [6.07, 6.45) is 0.754. The molecular formula is C45H49N9O9S2. The largest absolute Gasteiger partial charge is 0.497 e. The third kappa shape index (κ3) is 10.9. The van der Waals surface area contributed by atoms with Crippen LogP contribution in [0, 0.1) is 0 Å². The van der Waals surface area contributed by atoms with Crippen LogP contribution in [0.25, 0.3) is 33.5 Å². The van der Waals surface area contributed by atoms with E-state index >= 15 is 8.42 Å². The Hall–Kier alpha value is -6.87. The molecule has 340 valence electrons. The van der Waals surface area contributed by atoms with E-state index in [1.165, 1.54) is 41.8 Å². The highest BCUT2D eigenvalue weighted by atomic mass is 32.2. The quantitative estimate of drug-likeness (QED) is 0.0823. The number of H-pyrrole nitrogens is 1. The van der Waals surface area contributed by atoms with E-state index in [9.17, 15) is 13.2 Å². The second-order valence-electron chi connectivity index (χ2n) is 15.7. The summed E-state index contributed by atoms with van der Waals surface area (Å²) in [6.45, 7) is 4.35. The Morgan fingerprint density at radius 3 is 1.89 bits per heavy atom. The molecule has 20 heteroatoms. The van der Waals surface area contributed by atoms with Crippen LogP contribution in [0.4, 0.5) is 4.79 Å². The number of nitrogens with one attached hydrogen (secondary N) is 3. The Balaban J connectivity index is 1.44. The van der Waals surface area contributed by atoms with Gasteiger partial charge in [0.15, 0.2) is 0 Å². The standard InChI is InChI=1S/C45H49N9O9S2/c1-45(2,3)63-44(55)46-24-25-49-64(56,57)39-23-22-36(37-8-7-9-38-41(37)48-29-47-38)40(43-50-52-54(51-43)28-32-14-20-35(62-6)21-15-32)42(39)65(58,59)53(26-30-10-16-33(60-4)17-11-30)27-31-12-18-34(61-5)19-13-31/h7-23,29,49H,24-28H2,1-6H3,(H,46,55)(H,47,48). The average Bonchev–Trinajstić information content (AvgIpc) is 3.97. The van der Waals surface area contributed by atoms with Crippen LogP contribution in [-0.4, -0.2) is 97.4 Å². The van der Waals surface area contributed by atoms with Crippen molar-refractivity contribution in [1.82, 2.24) is 44.5 Å². The van der Waals surface area contributed by atoms with E-state index in [-0.39, 0.29) is 49.7 Å². The van der Waals surface area contributed by atoms with Gasteiger partial charge in [0.1, 0.15) is 32.6 Å². The van der Waals surface area contributed by atoms with E-state index < -0.39 is 41.5 Å². The number of benzene rings is 5. The molecule has 18 nitrogen and oxygen atoms in total. The summed E-state index contributed by atoms with van der Waals surface area (Å²) in [5.41, 5.74) is 2.90. The fourth-order valence-electron chi connectivity index (χ4n) is 6.93. The zero-order chi connectivity index (χ0) is 46.4. The molecule has 0 radical (unpaired) electrons. The lowest BCUT2D eigenvalue weighted by molar-refractivity contribution is 0.0528. The zero-order valence-corrected chi connectivity index (χ0v) is 38.2. The fraction of sp³-hybridized carbons (Fsp3) is 0.267. The lowest BCUT2D eigenvalue weighted by Crippen LogP contribution is -2.38. The van der Waals surface area contributed by atoms with Gasteiger partial charge in [0.05, 0.1) is 50.8 Å². The average molecular weight is 924 g/mol. The van der Waals surface area contributed by atoms with Gasteiger partial charge in [0.2, 0.25) is 25.9 Å². The number of carbonyl (C=O) groups excluding carboxylic acids is 1. The zero-order valence-electron chi connectivity index (χ0n) is 36.6. The molecule has 0 fully saturated rings. The number of nitrogens with zero attached hydrogens (tertiary/aromatic N) is 6. The van der Waals surface area contributed by atoms with Gasteiger partial charge in [-0.15, -0.1) is 10.2 Å². The summed E-state index contributed by atoms with van der Waals surface area (Å²) >= 11 is 0. The maximum absolute atomic E-state index is 16.0. The molecule has 0 aliphatic rings. The Morgan fingerprint density at radius 2 is 1.32 bits per heavy atom. The van der Waals surface area contributed by atoms with Gasteiger partial charge in [-0.05, 0) is 96.8 Å². The highest BCUT2D eigenvalue weighted by Crippen LogP contribution is 2.43. The summed E-state index contributed by atoms with van der Waals surface area (Å²) in [4.78, 5) is 20.2. The third-order valence-electron chi connectivity index (χ3n) is 10.0. The van der Waals surface area contributed by atoms with E-state index in [1.54, 1.807) is 101 Å². The molecule has 0 unspecified atom stereocenters. The second-order valence-corrected chi connectivity index (χ2v) is 19.3. The van der Waals surface area contributed by atoms with Gasteiger partial charge in [-0.1, -0.05) is 54.6 Å². The number of sulfonamides is 2. The predicted molar refractivity (Wildman–Crippen MR) is 242 cm³/mol. The van der Waals surface area contributed by atoms with E-state index in [0.29, 0.717) is 45.0 Å². The van der Waals surface area contributed by atoms with Crippen LogP contribution < -0.4 is 24.2 Å². The van der Waals surface area contributed by atoms with Crippen LogP contribution in [0.3, 0.4) is 0 Å². The molecule has 0 aliphatic heterocycles. The number of rotatable bonds is 18. The molecule has 7 rings (SSSR count). The van der Waals surface area contributed by atoms with E-state index in [2.05, 4.69) is 30.3 Å². The summed E-state index contributed by atoms with van der Waals surface area (Å²) in [6, 6.07) is 29.1. The van der Waals surface area contributed by atoms with E-state index in [0.717, 1.165) is 5.56 Å². The number of fused-ring (bicyclic) bond motifs is 1. The predicted octanol–water partition coefficient (Wildman–Crippen LogP) is 6.15. The third-order valence-corrected chi connectivity index (χ3v) is 13.5. The number of hydrogen-bond acceptors (Lipinski definition) is 13. The van der Waals surface area contributed by atoms with Crippen molar-refractivity contribution in [3.05, 3.63) is 126 Å². The summed E-state index contributed by atoms with van der Waals surface area (Å²) in [5, 5.41) is 16.0. The lowest BCUT2D eigenvalue weighted by Gasteiger charge is -2.26. The van der Waals surface area contributed by atoms with Crippen LogP contribution in [0.15, 0.2) is 119 Å². The number of methoxy groups -OCH3 is 3. The van der Waals surface area contributed by atoms with Gasteiger partial charge in [-0.25, -0.2) is 31.3 Å². The number of ether oxygens (including phenoxy) is 4. The number of alkyl carbamates (subject to hydrolysis) is 1. The van der Waals surface area contributed by atoms with Crippen molar-refractivity contribution in [3.8, 4) is 39.8 Å². The van der Waals surface area contributed by atoms with Gasteiger partial charge in [0.25, 0.3) is 0 Å². The fourth-order valence-corrected chi connectivity index (χ4v) is 10.4. The molecule has 0 atom stereocenters. The minimum Gasteiger partial charge on any atom is -0.497 e. The molecule has 2 heterocycles. The van der Waals surface area contributed by atoms with E-state index in [4.69, 9.17) is 24.0 Å². The van der Waals surface area contributed by atoms with Crippen molar-refractivity contribution in [2.24, 2.45) is 0 Å². The van der Waals surface area contributed by atoms with Crippen LogP contribution >= 0.6 is 0 Å². The molecule has 0 spiro atoms. The van der Waals surface area contributed by atoms with Crippen molar-refractivity contribution >= 4 is 37.2 Å². The number of para-hydroxylation sites is 1. The van der Waals surface area contributed by atoms with Crippen LogP contribution in [0.2, 0.25) is 0 Å². The maximum Gasteiger partial charge on any atom is 0.407 e. The molecule has 0 saturated carbocycles. The smallest absolute Gasteiger partial charge is 0.407 e. The maximum atomic E-state index is 16.0. The Labute approximate surface area is 377 Å². The molecular weight excluding hydrogens is 875 g/mol. The number of tetrazole rings is 1. The first-order chi connectivity index (χ1) is 31.1. The van der Waals surface area contributed by atoms with Gasteiger partial charge >= 0.3 is 6.09 Å². The molecule has 5 aromatic carbocycles. The first kappa shape index (κ1) is 46.1. The molecule has 2 aromatic heterocycles. The van der Waals surface area contributed by atoms with Gasteiger partial charge < -0.3 is 29.2 Å². The Kier molecular flexibility index (Phi) is 13.8. The Morgan fingerprint density at radius 1 is 0.738 bits per heavy atom. The molecule has 0 bridgehead atoms. The molecule has 0 aliphatic carbocycles. The summed E-state index contributed by atoms with van der Waals surface area (Å²) in [7, 11) is -5.01. The number of aromatic nitrogens is 6. The second kappa shape index (κ2) is 19.5. The molecule has 1 amide bonds. The van der Waals surface area contributed by atoms with Crippen molar-refractivity contribution < 1.29 is 40.6 Å². The molecule has 0 saturated heterocycles. The normalized spacial score (nSPS) is 12.0. The number of carbonyl (C=O) groups is 1. The lowest BCUT2D eigenvalue weighted by atomic mass is 9.98. The first-order valence-electron chi connectivity index (χ1n) is 20.3. The highest BCUT2D eigenvalue weighted by Gasteiger charge is 2.38. The van der Waals surface area contributed by atoms with Crippen molar-refractivity contribution in [2.45, 2.75) is 55.8 Å². The van der Waals surface area contributed by atoms with Crippen molar-refractivity contribution in [3.63, 3.8) is 0 Å². The summed E-state index contributed by atoms with van der Waals surface area (Å²) in [5.74, 6) is 1.60. The monoisotopic (exact) mass is 923 g/mol. The number of aromatic amines is 1. The molecule has 7 aromatic rings. The van der Waals surface area contributed by atoms with Gasteiger partial charge in [-0.3, -0.25) is 0 Å². The van der Waals surface area contributed by atoms with Crippen LogP contribution in [-0.2, 0) is 44.4 Å². The number of amides is 1. The molecule has 3 N–H and O–H groups in total. The van der Waals surface area contributed by atoms with Crippen LogP contribution in [0.1, 0.15) is 37.5 Å². The van der Waals surface area contributed by atoms with Crippen molar-refractivity contribution in [2.75, 3.05) is 34.4 Å².